The molecule has 0 N–H and O–H groups in total. The summed E-state index contributed by atoms with van der Waals surface area (Å²) in [6.45, 7) is 0.381. The Hall–Kier alpha value is -4.08. The molecule has 37 heavy (non-hydrogen) atoms. The maximum atomic E-state index is 13.7. The van der Waals surface area contributed by atoms with Crippen LogP contribution in [0.5, 0.6) is 28.7 Å². The topological polar surface area (TPSA) is 66.5 Å². The number of hydrogen-bond donors (Lipinski definition) is 0. The number of hydrogen-bond acceptors (Lipinski definition) is 6. The minimum Gasteiger partial charge on any atom is -0.493 e. The number of fused-ring (bicyclic) bond motifs is 2. The first-order valence-corrected chi connectivity index (χ1v) is 11.5. The summed E-state index contributed by atoms with van der Waals surface area (Å²) in [5.74, 6) is 1.85. The van der Waals surface area contributed by atoms with Gasteiger partial charge in [-0.05, 0) is 66.1 Å². The molecule has 0 unspecified atom stereocenters. The number of ether oxygens (including phenoxy) is 5. The second kappa shape index (κ2) is 9.76. The van der Waals surface area contributed by atoms with E-state index >= 15 is 0 Å². The molecule has 3 aromatic carbocycles. The highest BCUT2D eigenvalue weighted by atomic mass is 19.4. The van der Waals surface area contributed by atoms with Gasteiger partial charge in [0.1, 0.15) is 12.4 Å². The van der Waals surface area contributed by atoms with Crippen LogP contribution in [0.2, 0.25) is 0 Å². The molecule has 1 atom stereocenters. The van der Waals surface area contributed by atoms with E-state index < -0.39 is 17.8 Å². The zero-order valence-corrected chi connectivity index (χ0v) is 20.1. The molecular formula is C27H24F3NO6. The minimum absolute atomic E-state index is 0.0536. The predicted octanol–water partition coefficient (Wildman–Crippen LogP) is 5.27. The number of amides is 1. The first-order chi connectivity index (χ1) is 17.8. The molecule has 3 aromatic rings. The van der Waals surface area contributed by atoms with Crippen molar-refractivity contribution < 1.29 is 41.7 Å². The highest BCUT2D eigenvalue weighted by Gasteiger charge is 2.35. The molecule has 0 spiro atoms. The van der Waals surface area contributed by atoms with E-state index in [1.165, 1.54) is 26.4 Å². The van der Waals surface area contributed by atoms with E-state index in [0.29, 0.717) is 41.5 Å². The first-order valence-electron chi connectivity index (χ1n) is 11.5. The zero-order chi connectivity index (χ0) is 26.2. The Kier molecular flexibility index (Phi) is 6.49. The van der Waals surface area contributed by atoms with Crippen LogP contribution in [0.3, 0.4) is 0 Å². The van der Waals surface area contributed by atoms with Crippen molar-refractivity contribution in [2.24, 2.45) is 0 Å². The Morgan fingerprint density at radius 2 is 1.76 bits per heavy atom. The molecule has 7 nitrogen and oxygen atoms in total. The van der Waals surface area contributed by atoms with E-state index in [1.807, 2.05) is 6.07 Å². The molecule has 0 saturated heterocycles. The van der Waals surface area contributed by atoms with Crippen LogP contribution in [0.4, 0.5) is 13.2 Å². The van der Waals surface area contributed by atoms with Gasteiger partial charge >= 0.3 is 6.18 Å². The Balaban J connectivity index is 1.49. The fourth-order valence-corrected chi connectivity index (χ4v) is 4.58. The van der Waals surface area contributed by atoms with Gasteiger partial charge in [0.25, 0.3) is 5.91 Å². The molecule has 0 fully saturated rings. The van der Waals surface area contributed by atoms with Crippen molar-refractivity contribution in [2.75, 3.05) is 34.2 Å². The second-order valence-electron chi connectivity index (χ2n) is 8.57. The van der Waals surface area contributed by atoms with Gasteiger partial charge in [0.05, 0.1) is 25.8 Å². The molecule has 0 radical (unpaired) electrons. The van der Waals surface area contributed by atoms with Crippen molar-refractivity contribution in [3.8, 4) is 28.7 Å². The Labute approximate surface area is 211 Å². The normalized spacial score (nSPS) is 16.2. The summed E-state index contributed by atoms with van der Waals surface area (Å²) in [7, 11) is 3.05. The van der Waals surface area contributed by atoms with Crippen molar-refractivity contribution in [3.63, 3.8) is 0 Å². The monoisotopic (exact) mass is 515 g/mol. The number of rotatable bonds is 6. The maximum absolute atomic E-state index is 13.7. The van der Waals surface area contributed by atoms with E-state index in [0.717, 1.165) is 23.3 Å². The Morgan fingerprint density at radius 1 is 1.00 bits per heavy atom. The summed E-state index contributed by atoms with van der Waals surface area (Å²) < 4.78 is 67.1. The average molecular weight is 515 g/mol. The average Bonchev–Trinajstić information content (AvgIpc) is 3.38. The predicted molar refractivity (Wildman–Crippen MR) is 127 cm³/mol. The first kappa shape index (κ1) is 24.6. The number of alkyl halides is 3. The van der Waals surface area contributed by atoms with Crippen molar-refractivity contribution in [2.45, 2.75) is 18.6 Å². The third-order valence-electron chi connectivity index (χ3n) is 6.45. The third kappa shape index (κ3) is 4.83. The van der Waals surface area contributed by atoms with Crippen molar-refractivity contribution in [1.29, 1.82) is 0 Å². The summed E-state index contributed by atoms with van der Waals surface area (Å²) in [5, 5.41) is 0. The van der Waals surface area contributed by atoms with Crippen LogP contribution in [-0.4, -0.2) is 45.0 Å². The van der Waals surface area contributed by atoms with Gasteiger partial charge < -0.3 is 28.6 Å². The van der Waals surface area contributed by atoms with Crippen LogP contribution in [0.1, 0.15) is 33.1 Å². The molecule has 0 saturated carbocycles. The van der Waals surface area contributed by atoms with Crippen molar-refractivity contribution in [3.05, 3.63) is 76.9 Å². The fourth-order valence-electron chi connectivity index (χ4n) is 4.58. The van der Waals surface area contributed by atoms with Gasteiger partial charge in [0.15, 0.2) is 23.0 Å². The zero-order valence-electron chi connectivity index (χ0n) is 20.1. The largest absolute Gasteiger partial charge is 0.493 e. The molecule has 5 rings (SSSR count). The molecule has 0 bridgehead atoms. The van der Waals surface area contributed by atoms with E-state index in [2.05, 4.69) is 0 Å². The molecule has 2 aliphatic heterocycles. The second-order valence-corrected chi connectivity index (χ2v) is 8.57. The van der Waals surface area contributed by atoms with Gasteiger partial charge in [0.2, 0.25) is 6.79 Å². The van der Waals surface area contributed by atoms with Gasteiger partial charge in [-0.25, -0.2) is 0 Å². The lowest BCUT2D eigenvalue weighted by Gasteiger charge is -2.37. The number of nitrogens with zero attached hydrogens (tertiary/aromatic N) is 1. The number of methoxy groups -OCH3 is 2. The van der Waals surface area contributed by atoms with Gasteiger partial charge in [-0.3, -0.25) is 4.79 Å². The molecule has 194 valence electrons. The number of halogens is 3. The van der Waals surface area contributed by atoms with Gasteiger partial charge in [-0.15, -0.1) is 0 Å². The lowest BCUT2D eigenvalue weighted by Crippen LogP contribution is -2.42. The third-order valence-corrected chi connectivity index (χ3v) is 6.45. The van der Waals surface area contributed by atoms with Gasteiger partial charge in [0, 0.05) is 12.1 Å². The number of carbonyl (C=O) groups excluding carboxylic acids is 1. The van der Waals surface area contributed by atoms with Crippen LogP contribution >= 0.6 is 0 Å². The summed E-state index contributed by atoms with van der Waals surface area (Å²) in [6, 6.07) is 12.7. The number of carbonyl (C=O) groups is 1. The lowest BCUT2D eigenvalue weighted by atomic mass is 9.91. The Morgan fingerprint density at radius 3 is 2.51 bits per heavy atom. The van der Waals surface area contributed by atoms with Crippen LogP contribution < -0.4 is 23.7 Å². The minimum atomic E-state index is -4.50. The van der Waals surface area contributed by atoms with E-state index in [1.54, 1.807) is 29.2 Å². The maximum Gasteiger partial charge on any atom is 0.416 e. The van der Waals surface area contributed by atoms with Crippen molar-refractivity contribution in [1.82, 2.24) is 4.90 Å². The summed E-state index contributed by atoms with van der Waals surface area (Å²) >= 11 is 0. The van der Waals surface area contributed by atoms with Gasteiger partial charge in [-0.2, -0.15) is 13.2 Å². The Bertz CT molecular complexity index is 1330. The van der Waals surface area contributed by atoms with E-state index in [9.17, 15) is 18.0 Å². The summed E-state index contributed by atoms with van der Waals surface area (Å²) in [6.07, 6.45) is -3.95. The molecular weight excluding hydrogens is 491 g/mol. The summed E-state index contributed by atoms with van der Waals surface area (Å²) in [4.78, 5) is 15.3. The lowest BCUT2D eigenvalue weighted by molar-refractivity contribution is -0.137. The van der Waals surface area contributed by atoms with Crippen LogP contribution in [0.25, 0.3) is 0 Å². The smallest absolute Gasteiger partial charge is 0.416 e. The number of benzene rings is 3. The van der Waals surface area contributed by atoms with Crippen LogP contribution in [0.15, 0.2) is 54.6 Å². The highest BCUT2D eigenvalue weighted by molar-refractivity contribution is 5.95. The van der Waals surface area contributed by atoms with E-state index in [-0.39, 0.29) is 25.1 Å². The SMILES string of the molecule is COc1cc2c(cc1OC)[C@@H](COc1cccc(C(F)(F)F)c1)N(C(=O)c1ccc3c(c1)OCO3)CC2. The molecule has 2 aliphatic rings. The van der Waals surface area contributed by atoms with Crippen molar-refractivity contribution >= 4 is 5.91 Å². The van der Waals surface area contributed by atoms with Crippen LogP contribution in [-0.2, 0) is 12.6 Å². The molecule has 0 aromatic heterocycles. The standard InChI is InChI=1S/C27H24F3NO6/c1-33-23-10-16-8-9-31(26(32)17-6-7-22-25(11-17)37-15-36-22)21(20(16)13-24(23)34-2)14-35-19-5-3-4-18(12-19)27(28,29)30/h3-7,10-13,21H,8-9,14-15H2,1-2H3/t21-/m1/s1. The summed E-state index contributed by atoms with van der Waals surface area (Å²) in [5.41, 5.74) is 1.29. The molecule has 1 amide bonds. The molecule has 0 aliphatic carbocycles. The van der Waals surface area contributed by atoms with Gasteiger partial charge in [-0.1, -0.05) is 6.07 Å². The van der Waals surface area contributed by atoms with Crippen LogP contribution in [0, 0.1) is 0 Å². The fraction of sp³-hybridized carbons (Fsp3) is 0.296. The van der Waals surface area contributed by atoms with E-state index in [4.69, 9.17) is 23.7 Å². The molecule has 2 heterocycles. The highest BCUT2D eigenvalue weighted by Crippen LogP contribution is 2.40. The quantitative estimate of drug-likeness (QED) is 0.446. The molecule has 10 heteroatoms.